The number of hydrogen-bond acceptors (Lipinski definition) is 5. The van der Waals surface area contributed by atoms with Crippen molar-refractivity contribution in [3.05, 3.63) is 47.4 Å². The van der Waals surface area contributed by atoms with E-state index in [2.05, 4.69) is 9.97 Å². The minimum Gasteiger partial charge on any atom is -0.481 e. The highest BCUT2D eigenvalue weighted by atomic mass is 16.4. The van der Waals surface area contributed by atoms with Crippen LogP contribution >= 0.6 is 0 Å². The molecular weight excluding hydrogens is 268 g/mol. The van der Waals surface area contributed by atoms with Crippen molar-refractivity contribution in [3.8, 4) is 0 Å². The van der Waals surface area contributed by atoms with Crippen LogP contribution in [0.1, 0.15) is 17.0 Å². The van der Waals surface area contributed by atoms with Crippen molar-refractivity contribution in [1.29, 1.82) is 0 Å². The van der Waals surface area contributed by atoms with Gasteiger partial charge in [0, 0.05) is 38.0 Å². The maximum atomic E-state index is 10.9. The summed E-state index contributed by atoms with van der Waals surface area (Å²) in [5, 5.41) is 8.92. The topological polar surface area (TPSA) is 92.3 Å². The van der Waals surface area contributed by atoms with Gasteiger partial charge in [-0.3, -0.25) is 4.79 Å². The van der Waals surface area contributed by atoms with Crippen molar-refractivity contribution in [1.82, 2.24) is 9.97 Å². The molecule has 6 heteroatoms. The fourth-order valence-electron chi connectivity index (χ4n) is 2.01. The number of carbonyl (C=O) groups is 1. The summed E-state index contributed by atoms with van der Waals surface area (Å²) in [6.07, 6.45) is 2.08. The second-order valence-electron chi connectivity index (χ2n) is 5.02. The van der Waals surface area contributed by atoms with Gasteiger partial charge in [0.2, 0.25) is 0 Å². The van der Waals surface area contributed by atoms with E-state index in [0.717, 1.165) is 5.56 Å². The molecule has 0 aliphatic rings. The van der Waals surface area contributed by atoms with E-state index in [4.69, 9.17) is 10.8 Å². The number of hydrogen-bond donors (Lipinski definition) is 2. The van der Waals surface area contributed by atoms with Crippen LogP contribution in [0.3, 0.4) is 0 Å². The SMILES string of the molecule is CN(C)c1nc(Cc2ccc(N)cc2)ncc1CC(=O)O. The molecule has 2 aromatic rings. The van der Waals surface area contributed by atoms with Crippen LogP contribution in [-0.4, -0.2) is 35.1 Å². The molecule has 0 radical (unpaired) electrons. The van der Waals surface area contributed by atoms with Gasteiger partial charge in [-0.2, -0.15) is 0 Å². The average Bonchev–Trinajstić information content (AvgIpc) is 2.42. The van der Waals surface area contributed by atoms with Crippen molar-refractivity contribution >= 4 is 17.5 Å². The lowest BCUT2D eigenvalue weighted by Gasteiger charge is -2.16. The van der Waals surface area contributed by atoms with Gasteiger partial charge >= 0.3 is 5.97 Å². The van der Waals surface area contributed by atoms with Gasteiger partial charge in [0.25, 0.3) is 0 Å². The molecule has 3 N–H and O–H groups in total. The molecule has 2 rings (SSSR count). The molecule has 0 fully saturated rings. The lowest BCUT2D eigenvalue weighted by atomic mass is 10.1. The summed E-state index contributed by atoms with van der Waals surface area (Å²) in [7, 11) is 3.67. The zero-order chi connectivity index (χ0) is 15.4. The smallest absolute Gasteiger partial charge is 0.308 e. The van der Waals surface area contributed by atoms with Crippen molar-refractivity contribution in [2.24, 2.45) is 0 Å². The highest BCUT2D eigenvalue weighted by Gasteiger charge is 2.12. The number of nitrogens with two attached hydrogens (primary N) is 1. The standard InChI is InChI=1S/C15H18N4O2/c1-19(2)15-11(8-14(20)21)9-17-13(18-15)7-10-3-5-12(16)6-4-10/h3-6,9H,7-8,16H2,1-2H3,(H,20,21). The molecule has 1 aromatic carbocycles. The Morgan fingerprint density at radius 1 is 1.29 bits per heavy atom. The van der Waals surface area contributed by atoms with Gasteiger partial charge in [0.05, 0.1) is 6.42 Å². The van der Waals surface area contributed by atoms with Crippen molar-refractivity contribution < 1.29 is 9.90 Å². The Balaban J connectivity index is 2.26. The molecule has 0 atom stereocenters. The Morgan fingerprint density at radius 3 is 2.52 bits per heavy atom. The molecule has 110 valence electrons. The van der Waals surface area contributed by atoms with Crippen LogP contribution < -0.4 is 10.6 Å². The predicted octanol–water partition coefficient (Wildman–Crippen LogP) is 1.34. The van der Waals surface area contributed by atoms with E-state index in [1.54, 1.807) is 11.1 Å². The van der Waals surface area contributed by atoms with Gasteiger partial charge in [-0.05, 0) is 17.7 Å². The third kappa shape index (κ3) is 3.92. The molecule has 0 unspecified atom stereocenters. The third-order valence-electron chi connectivity index (χ3n) is 3.00. The molecule has 0 aliphatic heterocycles. The van der Waals surface area contributed by atoms with Crippen LogP contribution in [-0.2, 0) is 17.6 Å². The lowest BCUT2D eigenvalue weighted by molar-refractivity contribution is -0.136. The molecular formula is C15H18N4O2. The van der Waals surface area contributed by atoms with E-state index in [0.29, 0.717) is 29.3 Å². The predicted molar refractivity (Wildman–Crippen MR) is 81.4 cm³/mol. The molecule has 1 aromatic heterocycles. The number of nitrogens with zero attached hydrogens (tertiary/aromatic N) is 3. The molecule has 0 saturated heterocycles. The Labute approximate surface area is 123 Å². The van der Waals surface area contributed by atoms with Gasteiger partial charge in [-0.1, -0.05) is 12.1 Å². The van der Waals surface area contributed by atoms with Crippen molar-refractivity contribution in [2.45, 2.75) is 12.8 Å². The third-order valence-corrected chi connectivity index (χ3v) is 3.00. The summed E-state index contributed by atoms with van der Waals surface area (Å²) in [6, 6.07) is 7.53. The molecule has 21 heavy (non-hydrogen) atoms. The quantitative estimate of drug-likeness (QED) is 0.806. The van der Waals surface area contributed by atoms with E-state index in [1.807, 2.05) is 38.4 Å². The zero-order valence-corrected chi connectivity index (χ0v) is 12.1. The molecule has 0 amide bonds. The van der Waals surface area contributed by atoms with Crippen LogP contribution in [0.5, 0.6) is 0 Å². The first-order chi connectivity index (χ1) is 9.95. The molecule has 0 spiro atoms. The number of benzene rings is 1. The summed E-state index contributed by atoms with van der Waals surface area (Å²) in [6.45, 7) is 0. The van der Waals surface area contributed by atoms with Crippen LogP contribution in [0.15, 0.2) is 30.5 Å². The number of rotatable bonds is 5. The second-order valence-corrected chi connectivity index (χ2v) is 5.02. The van der Waals surface area contributed by atoms with Crippen molar-refractivity contribution in [3.63, 3.8) is 0 Å². The average molecular weight is 286 g/mol. The minimum atomic E-state index is -0.895. The van der Waals surface area contributed by atoms with E-state index in [-0.39, 0.29) is 6.42 Å². The van der Waals surface area contributed by atoms with Crippen molar-refractivity contribution in [2.75, 3.05) is 24.7 Å². The monoisotopic (exact) mass is 286 g/mol. The Bertz CT molecular complexity index is 639. The van der Waals surface area contributed by atoms with Crippen LogP contribution in [0.4, 0.5) is 11.5 Å². The van der Waals surface area contributed by atoms with E-state index >= 15 is 0 Å². The van der Waals surface area contributed by atoms with E-state index in [1.165, 1.54) is 0 Å². The number of aliphatic carboxylic acids is 1. The van der Waals surface area contributed by atoms with E-state index in [9.17, 15) is 4.79 Å². The Kier molecular flexibility index (Phi) is 4.37. The highest BCUT2D eigenvalue weighted by Crippen LogP contribution is 2.17. The van der Waals surface area contributed by atoms with Gasteiger partial charge in [-0.15, -0.1) is 0 Å². The Hall–Kier alpha value is -2.63. The first-order valence-electron chi connectivity index (χ1n) is 6.54. The summed E-state index contributed by atoms with van der Waals surface area (Å²) in [4.78, 5) is 21.4. The van der Waals surface area contributed by atoms with Gasteiger partial charge < -0.3 is 15.7 Å². The summed E-state index contributed by atoms with van der Waals surface area (Å²) in [5.41, 5.74) is 8.03. The van der Waals surface area contributed by atoms with Gasteiger partial charge in [0.1, 0.15) is 11.6 Å². The molecule has 1 heterocycles. The minimum absolute atomic E-state index is 0.0876. The number of aromatic nitrogens is 2. The molecule has 6 nitrogen and oxygen atoms in total. The maximum Gasteiger partial charge on any atom is 0.308 e. The lowest BCUT2D eigenvalue weighted by Crippen LogP contribution is -2.17. The molecule has 0 aliphatic carbocycles. The summed E-state index contributed by atoms with van der Waals surface area (Å²) >= 11 is 0. The normalized spacial score (nSPS) is 10.4. The number of anilines is 2. The molecule has 0 saturated carbocycles. The van der Waals surface area contributed by atoms with Gasteiger partial charge in [0.15, 0.2) is 0 Å². The fraction of sp³-hybridized carbons (Fsp3) is 0.267. The fourth-order valence-corrected chi connectivity index (χ4v) is 2.01. The zero-order valence-electron chi connectivity index (χ0n) is 12.1. The summed E-state index contributed by atoms with van der Waals surface area (Å²) < 4.78 is 0. The Morgan fingerprint density at radius 2 is 1.95 bits per heavy atom. The van der Waals surface area contributed by atoms with Crippen LogP contribution in [0.2, 0.25) is 0 Å². The highest BCUT2D eigenvalue weighted by molar-refractivity contribution is 5.72. The van der Waals surface area contributed by atoms with Crippen LogP contribution in [0, 0.1) is 0 Å². The number of nitrogen functional groups attached to an aromatic ring is 1. The first-order valence-corrected chi connectivity index (χ1v) is 6.54. The molecule has 0 bridgehead atoms. The number of carboxylic acids is 1. The number of carboxylic acid groups (broad SMARTS) is 1. The maximum absolute atomic E-state index is 10.9. The van der Waals surface area contributed by atoms with Gasteiger partial charge in [-0.25, -0.2) is 9.97 Å². The van der Waals surface area contributed by atoms with E-state index < -0.39 is 5.97 Å². The summed E-state index contributed by atoms with van der Waals surface area (Å²) in [5.74, 6) is 0.392. The second kappa shape index (κ2) is 6.21. The van der Waals surface area contributed by atoms with Crippen LogP contribution in [0.25, 0.3) is 0 Å². The first kappa shape index (κ1) is 14.8. The largest absolute Gasteiger partial charge is 0.481 e.